The number of nitrogens with zero attached hydrogens (tertiary/aromatic N) is 2. The summed E-state index contributed by atoms with van der Waals surface area (Å²) in [5.41, 5.74) is 4.63. The number of anilines is 1. The molecule has 1 atom stereocenters. The number of hydrogen-bond acceptors (Lipinski definition) is 3. The Morgan fingerprint density at radius 2 is 1.79 bits per heavy atom. The number of benzene rings is 1. The number of aryl methyl sites for hydroxylation is 3. The third-order valence-corrected chi connectivity index (χ3v) is 3.79. The molecule has 0 radical (unpaired) electrons. The van der Waals surface area contributed by atoms with E-state index in [1.807, 2.05) is 11.9 Å². The minimum Gasteiger partial charge on any atom is -0.480 e. The quantitative estimate of drug-likeness (QED) is 0.883. The molecule has 1 unspecified atom stereocenters. The second-order valence-electron chi connectivity index (χ2n) is 5.56. The lowest BCUT2D eigenvalue weighted by molar-refractivity contribution is -0.139. The molecule has 1 aromatic rings. The van der Waals surface area contributed by atoms with Gasteiger partial charge in [-0.1, -0.05) is 17.7 Å². The molecule has 0 saturated carbocycles. The maximum Gasteiger partial charge on any atom is 0.327 e. The van der Waals surface area contributed by atoms with E-state index in [0.29, 0.717) is 6.54 Å². The van der Waals surface area contributed by atoms with Gasteiger partial charge in [-0.15, -0.1) is 0 Å². The first-order valence-electron chi connectivity index (χ1n) is 6.66. The van der Waals surface area contributed by atoms with Crippen LogP contribution in [0.15, 0.2) is 12.1 Å². The fourth-order valence-corrected chi connectivity index (χ4v) is 3.02. The Bertz CT molecular complexity index is 476. The molecule has 4 heteroatoms. The van der Waals surface area contributed by atoms with Crippen LogP contribution in [0.1, 0.15) is 16.7 Å². The van der Waals surface area contributed by atoms with Crippen molar-refractivity contribution in [2.75, 3.05) is 31.6 Å². The molecular formula is C15H22N2O2. The third kappa shape index (κ3) is 2.73. The molecule has 19 heavy (non-hydrogen) atoms. The molecule has 2 rings (SSSR count). The average molecular weight is 262 g/mol. The smallest absolute Gasteiger partial charge is 0.327 e. The maximum absolute atomic E-state index is 11.5. The molecular weight excluding hydrogens is 240 g/mol. The molecule has 1 aromatic carbocycles. The number of carboxylic acid groups (broad SMARTS) is 1. The van der Waals surface area contributed by atoms with E-state index in [1.165, 1.54) is 5.56 Å². The van der Waals surface area contributed by atoms with Crippen LogP contribution in [0, 0.1) is 20.8 Å². The summed E-state index contributed by atoms with van der Waals surface area (Å²) in [4.78, 5) is 15.6. The highest BCUT2D eigenvalue weighted by Gasteiger charge is 2.32. The Morgan fingerprint density at radius 1 is 1.21 bits per heavy atom. The number of piperazine rings is 1. The van der Waals surface area contributed by atoms with Gasteiger partial charge in [-0.25, -0.2) is 4.79 Å². The number of rotatable bonds is 2. The van der Waals surface area contributed by atoms with Crippen molar-refractivity contribution >= 4 is 11.7 Å². The van der Waals surface area contributed by atoms with E-state index in [2.05, 4.69) is 37.8 Å². The lowest BCUT2D eigenvalue weighted by atomic mass is 10.0. The van der Waals surface area contributed by atoms with E-state index in [4.69, 9.17) is 0 Å². The van der Waals surface area contributed by atoms with Gasteiger partial charge in [0.15, 0.2) is 0 Å². The molecule has 0 amide bonds. The zero-order valence-corrected chi connectivity index (χ0v) is 12.1. The van der Waals surface area contributed by atoms with Gasteiger partial charge in [-0.05, 0) is 38.9 Å². The summed E-state index contributed by atoms with van der Waals surface area (Å²) < 4.78 is 0. The standard InChI is InChI=1S/C15H22N2O2/c1-10-7-11(2)14(12(3)8-10)17-6-5-16(4)9-13(17)15(18)19/h7-8,13H,5-6,9H2,1-4H3,(H,18,19). The Kier molecular flexibility index (Phi) is 3.80. The number of aliphatic carboxylic acids is 1. The second kappa shape index (κ2) is 5.21. The number of likely N-dealkylation sites (N-methyl/N-ethyl adjacent to an activating group) is 1. The molecule has 1 aliphatic heterocycles. The van der Waals surface area contributed by atoms with Gasteiger partial charge in [0.05, 0.1) is 0 Å². The third-order valence-electron chi connectivity index (χ3n) is 3.79. The lowest BCUT2D eigenvalue weighted by Crippen LogP contribution is -2.56. The first kappa shape index (κ1) is 13.9. The van der Waals surface area contributed by atoms with Crippen LogP contribution in [0.4, 0.5) is 5.69 Å². The highest BCUT2D eigenvalue weighted by molar-refractivity contribution is 5.80. The van der Waals surface area contributed by atoms with Crippen LogP contribution in [0.3, 0.4) is 0 Å². The predicted molar refractivity (Wildman–Crippen MR) is 76.9 cm³/mol. The van der Waals surface area contributed by atoms with Crippen molar-refractivity contribution in [2.45, 2.75) is 26.8 Å². The van der Waals surface area contributed by atoms with Gasteiger partial charge in [-0.2, -0.15) is 0 Å². The highest BCUT2D eigenvalue weighted by Crippen LogP contribution is 2.29. The molecule has 1 heterocycles. The van der Waals surface area contributed by atoms with Crippen molar-refractivity contribution in [3.8, 4) is 0 Å². The minimum atomic E-state index is -0.745. The molecule has 0 bridgehead atoms. The minimum absolute atomic E-state index is 0.459. The van der Waals surface area contributed by atoms with Gasteiger partial charge in [0.2, 0.25) is 0 Å². The van der Waals surface area contributed by atoms with Crippen LogP contribution in [-0.4, -0.2) is 48.7 Å². The Balaban J connectivity index is 2.42. The van der Waals surface area contributed by atoms with E-state index < -0.39 is 12.0 Å². The number of carboxylic acids is 1. The van der Waals surface area contributed by atoms with E-state index in [9.17, 15) is 9.90 Å². The van der Waals surface area contributed by atoms with E-state index in [1.54, 1.807) is 0 Å². The summed E-state index contributed by atoms with van der Waals surface area (Å²) in [5.74, 6) is -0.745. The lowest BCUT2D eigenvalue weighted by Gasteiger charge is -2.40. The molecule has 1 saturated heterocycles. The summed E-state index contributed by atoms with van der Waals surface area (Å²) in [6.45, 7) is 8.43. The van der Waals surface area contributed by atoms with Crippen LogP contribution < -0.4 is 4.90 Å². The zero-order chi connectivity index (χ0) is 14.2. The van der Waals surface area contributed by atoms with Crippen molar-refractivity contribution in [2.24, 2.45) is 0 Å². The van der Waals surface area contributed by atoms with Gasteiger partial charge in [0, 0.05) is 25.3 Å². The van der Waals surface area contributed by atoms with E-state index >= 15 is 0 Å². The second-order valence-corrected chi connectivity index (χ2v) is 5.56. The molecule has 1 N–H and O–H groups in total. The number of carbonyl (C=O) groups is 1. The summed E-state index contributed by atoms with van der Waals surface area (Å²) in [5, 5.41) is 9.46. The predicted octanol–water partition coefficient (Wildman–Crippen LogP) is 1.82. The topological polar surface area (TPSA) is 43.8 Å². The fraction of sp³-hybridized carbons (Fsp3) is 0.533. The molecule has 4 nitrogen and oxygen atoms in total. The van der Waals surface area contributed by atoms with Gasteiger partial charge in [-0.3, -0.25) is 0 Å². The Morgan fingerprint density at radius 3 is 2.32 bits per heavy atom. The Hall–Kier alpha value is -1.55. The van der Waals surface area contributed by atoms with Crippen molar-refractivity contribution in [1.82, 2.24) is 4.90 Å². The van der Waals surface area contributed by atoms with Crippen LogP contribution >= 0.6 is 0 Å². The molecule has 0 spiro atoms. The van der Waals surface area contributed by atoms with Crippen LogP contribution in [0.2, 0.25) is 0 Å². The van der Waals surface area contributed by atoms with Crippen LogP contribution in [-0.2, 0) is 4.79 Å². The average Bonchev–Trinajstić information content (AvgIpc) is 2.29. The molecule has 1 fully saturated rings. The van der Waals surface area contributed by atoms with Crippen LogP contribution in [0.5, 0.6) is 0 Å². The van der Waals surface area contributed by atoms with E-state index in [0.717, 1.165) is 29.9 Å². The fourth-order valence-electron chi connectivity index (χ4n) is 3.02. The molecule has 0 aromatic heterocycles. The van der Waals surface area contributed by atoms with Gasteiger partial charge in [0.1, 0.15) is 6.04 Å². The van der Waals surface area contributed by atoms with Gasteiger partial charge >= 0.3 is 5.97 Å². The Labute approximate surface area is 114 Å². The van der Waals surface area contributed by atoms with Gasteiger partial charge < -0.3 is 14.9 Å². The molecule has 0 aliphatic carbocycles. The molecule has 1 aliphatic rings. The highest BCUT2D eigenvalue weighted by atomic mass is 16.4. The zero-order valence-electron chi connectivity index (χ0n) is 12.1. The number of hydrogen-bond donors (Lipinski definition) is 1. The normalized spacial score (nSPS) is 20.6. The summed E-state index contributed by atoms with van der Waals surface area (Å²) >= 11 is 0. The first-order valence-corrected chi connectivity index (χ1v) is 6.66. The largest absolute Gasteiger partial charge is 0.480 e. The van der Waals surface area contributed by atoms with Crippen molar-refractivity contribution in [3.63, 3.8) is 0 Å². The molecule has 104 valence electrons. The monoisotopic (exact) mass is 262 g/mol. The van der Waals surface area contributed by atoms with Crippen molar-refractivity contribution < 1.29 is 9.90 Å². The van der Waals surface area contributed by atoms with Crippen LogP contribution in [0.25, 0.3) is 0 Å². The SMILES string of the molecule is Cc1cc(C)c(N2CCN(C)CC2C(=O)O)c(C)c1. The first-order chi connectivity index (χ1) is 8.90. The van der Waals surface area contributed by atoms with E-state index in [-0.39, 0.29) is 0 Å². The maximum atomic E-state index is 11.5. The summed E-state index contributed by atoms with van der Waals surface area (Å²) in [6, 6.07) is 3.79. The van der Waals surface area contributed by atoms with Crippen molar-refractivity contribution in [3.05, 3.63) is 28.8 Å². The van der Waals surface area contributed by atoms with Gasteiger partial charge in [0.25, 0.3) is 0 Å². The summed E-state index contributed by atoms with van der Waals surface area (Å²) in [7, 11) is 1.97. The van der Waals surface area contributed by atoms with Crippen molar-refractivity contribution in [1.29, 1.82) is 0 Å². The summed E-state index contributed by atoms with van der Waals surface area (Å²) in [6.07, 6.45) is 0.